The molecule has 27 heavy (non-hydrogen) atoms. The number of anilines is 2. The number of benzene rings is 2. The second-order valence-corrected chi connectivity index (χ2v) is 6.77. The van der Waals surface area contributed by atoms with Crippen LogP contribution in [0.4, 0.5) is 11.6 Å². The highest BCUT2D eigenvalue weighted by Crippen LogP contribution is 2.35. The van der Waals surface area contributed by atoms with Gasteiger partial charge in [-0.15, -0.1) is 0 Å². The molecule has 3 aromatic rings. The highest BCUT2D eigenvalue weighted by atomic mass is 35.5. The van der Waals surface area contributed by atoms with Crippen molar-refractivity contribution in [2.75, 3.05) is 10.6 Å². The Kier molecular flexibility index (Phi) is 4.37. The van der Waals surface area contributed by atoms with Gasteiger partial charge in [0.25, 0.3) is 5.91 Å². The maximum absolute atomic E-state index is 13.2. The third kappa shape index (κ3) is 3.17. The van der Waals surface area contributed by atoms with E-state index in [1.54, 1.807) is 16.8 Å². The number of amides is 1. The minimum atomic E-state index is -0.461. The molecule has 0 aliphatic carbocycles. The predicted octanol–water partition coefficient (Wildman–Crippen LogP) is 3.56. The summed E-state index contributed by atoms with van der Waals surface area (Å²) in [6.45, 7) is 3.79. The Morgan fingerprint density at radius 1 is 1.15 bits per heavy atom. The van der Waals surface area contributed by atoms with Gasteiger partial charge in [0.15, 0.2) is 0 Å². The minimum Gasteiger partial charge on any atom is -0.326 e. The fourth-order valence-electron chi connectivity index (χ4n) is 3.16. The molecule has 1 atom stereocenters. The van der Waals surface area contributed by atoms with Crippen molar-refractivity contribution >= 4 is 29.1 Å². The highest BCUT2D eigenvalue weighted by Gasteiger charge is 2.34. The van der Waals surface area contributed by atoms with E-state index in [0.29, 0.717) is 22.2 Å². The fraction of sp³-hybridized carbons (Fsp3) is 0.158. The minimum absolute atomic E-state index is 0.213. The summed E-state index contributed by atoms with van der Waals surface area (Å²) in [5, 5.41) is 18.5. The second-order valence-electron chi connectivity index (χ2n) is 6.33. The van der Waals surface area contributed by atoms with E-state index in [2.05, 4.69) is 26.2 Å². The first-order chi connectivity index (χ1) is 13.0. The molecular weight excluding hydrogens is 364 g/mol. The van der Waals surface area contributed by atoms with Gasteiger partial charge in [0.1, 0.15) is 6.04 Å². The summed E-state index contributed by atoms with van der Waals surface area (Å²) in [7, 11) is 0. The maximum Gasteiger partial charge on any atom is 0.255 e. The van der Waals surface area contributed by atoms with Crippen molar-refractivity contribution in [1.29, 1.82) is 0 Å². The SMILES string of the molecule is CC1=C(C(=O)Nc2ccccc2C)C(c2ccc(Cl)cc2)n2nnnc2N1. The van der Waals surface area contributed by atoms with Gasteiger partial charge in [-0.25, -0.2) is 0 Å². The normalized spacial score (nSPS) is 15.9. The van der Waals surface area contributed by atoms with Gasteiger partial charge in [0, 0.05) is 16.4 Å². The summed E-state index contributed by atoms with van der Waals surface area (Å²) < 4.78 is 1.60. The molecule has 1 unspecified atom stereocenters. The number of hydrogen-bond acceptors (Lipinski definition) is 5. The molecule has 2 heterocycles. The molecule has 1 amide bonds. The molecule has 136 valence electrons. The zero-order valence-corrected chi connectivity index (χ0v) is 15.5. The van der Waals surface area contributed by atoms with E-state index < -0.39 is 6.04 Å². The molecule has 0 spiro atoms. The molecule has 7 nitrogen and oxygen atoms in total. The zero-order valence-electron chi connectivity index (χ0n) is 14.8. The van der Waals surface area contributed by atoms with E-state index in [1.165, 1.54) is 0 Å². The number of rotatable bonds is 3. The highest BCUT2D eigenvalue weighted by molar-refractivity contribution is 6.30. The Hall–Kier alpha value is -3.19. The number of halogens is 1. The lowest BCUT2D eigenvalue weighted by atomic mass is 9.95. The number of aryl methyl sites for hydroxylation is 1. The van der Waals surface area contributed by atoms with Gasteiger partial charge in [-0.05, 0) is 53.6 Å². The van der Waals surface area contributed by atoms with Crippen LogP contribution in [0.15, 0.2) is 59.8 Å². The Morgan fingerprint density at radius 3 is 2.63 bits per heavy atom. The molecule has 1 aliphatic heterocycles. The third-order valence-corrected chi connectivity index (χ3v) is 4.79. The van der Waals surface area contributed by atoms with Crippen molar-refractivity contribution in [3.8, 4) is 0 Å². The fourth-order valence-corrected chi connectivity index (χ4v) is 3.29. The van der Waals surface area contributed by atoms with Crippen molar-refractivity contribution in [3.05, 3.63) is 76.0 Å². The van der Waals surface area contributed by atoms with Crippen LogP contribution < -0.4 is 10.6 Å². The number of nitrogens with zero attached hydrogens (tertiary/aromatic N) is 4. The Morgan fingerprint density at radius 2 is 1.89 bits per heavy atom. The number of hydrogen-bond donors (Lipinski definition) is 2. The third-order valence-electron chi connectivity index (χ3n) is 4.54. The standard InChI is InChI=1S/C19H17ClN6O/c1-11-5-3-4-6-15(11)22-18(27)16-12(2)21-19-23-24-25-26(19)17(16)13-7-9-14(20)10-8-13/h3-10,17H,1-2H3,(H,22,27)(H,21,23,25). The molecule has 4 rings (SSSR count). The van der Waals surface area contributed by atoms with Crippen LogP contribution in [0.25, 0.3) is 0 Å². The summed E-state index contributed by atoms with van der Waals surface area (Å²) in [6, 6.07) is 14.5. The molecule has 0 fully saturated rings. The first kappa shape index (κ1) is 17.2. The smallest absolute Gasteiger partial charge is 0.255 e. The van der Waals surface area contributed by atoms with Gasteiger partial charge in [-0.3, -0.25) is 4.79 Å². The van der Waals surface area contributed by atoms with Crippen LogP contribution in [0.2, 0.25) is 5.02 Å². The zero-order chi connectivity index (χ0) is 19.0. The van der Waals surface area contributed by atoms with E-state index in [0.717, 1.165) is 16.8 Å². The topological polar surface area (TPSA) is 84.7 Å². The number of carbonyl (C=O) groups excluding carboxylic acids is 1. The lowest BCUT2D eigenvalue weighted by molar-refractivity contribution is -0.113. The van der Waals surface area contributed by atoms with Crippen LogP contribution >= 0.6 is 11.6 Å². The quantitative estimate of drug-likeness (QED) is 0.725. The number of allylic oxidation sites excluding steroid dienone is 1. The van der Waals surface area contributed by atoms with E-state index in [-0.39, 0.29) is 5.91 Å². The Labute approximate surface area is 161 Å². The van der Waals surface area contributed by atoms with Crippen LogP contribution in [0, 0.1) is 6.92 Å². The van der Waals surface area contributed by atoms with Gasteiger partial charge in [-0.2, -0.15) is 4.68 Å². The monoisotopic (exact) mass is 380 g/mol. The number of para-hydroxylation sites is 1. The Bertz CT molecular complexity index is 1040. The summed E-state index contributed by atoms with van der Waals surface area (Å²) in [4.78, 5) is 13.2. The maximum atomic E-state index is 13.2. The van der Waals surface area contributed by atoms with Crippen LogP contribution in [0.1, 0.15) is 24.1 Å². The van der Waals surface area contributed by atoms with Crippen LogP contribution in [-0.4, -0.2) is 26.1 Å². The van der Waals surface area contributed by atoms with E-state index >= 15 is 0 Å². The number of fused-ring (bicyclic) bond motifs is 1. The summed E-state index contributed by atoms with van der Waals surface area (Å²) in [5.74, 6) is 0.273. The molecule has 8 heteroatoms. The molecule has 0 radical (unpaired) electrons. The number of tetrazole rings is 1. The van der Waals surface area contributed by atoms with Crippen molar-refractivity contribution in [1.82, 2.24) is 20.2 Å². The number of aromatic nitrogens is 4. The molecule has 0 saturated carbocycles. The van der Waals surface area contributed by atoms with E-state index in [9.17, 15) is 4.79 Å². The lowest BCUT2D eigenvalue weighted by Crippen LogP contribution is -2.31. The molecule has 1 aromatic heterocycles. The molecule has 0 saturated heterocycles. The molecule has 1 aliphatic rings. The second kappa shape index (κ2) is 6.85. The van der Waals surface area contributed by atoms with Gasteiger partial charge in [0.05, 0.1) is 5.57 Å². The van der Waals surface area contributed by atoms with Crippen molar-refractivity contribution < 1.29 is 4.79 Å². The van der Waals surface area contributed by atoms with Gasteiger partial charge in [-0.1, -0.05) is 47.0 Å². The molecule has 0 bridgehead atoms. The lowest BCUT2D eigenvalue weighted by Gasteiger charge is -2.28. The summed E-state index contributed by atoms with van der Waals surface area (Å²) >= 11 is 6.03. The van der Waals surface area contributed by atoms with E-state index in [4.69, 9.17) is 11.6 Å². The first-order valence-electron chi connectivity index (χ1n) is 8.42. The van der Waals surface area contributed by atoms with Gasteiger partial charge in [0.2, 0.25) is 5.95 Å². The van der Waals surface area contributed by atoms with E-state index in [1.807, 2.05) is 50.2 Å². The van der Waals surface area contributed by atoms with Crippen LogP contribution in [0.3, 0.4) is 0 Å². The number of carbonyl (C=O) groups is 1. The molecule has 2 N–H and O–H groups in total. The Balaban J connectivity index is 1.77. The van der Waals surface area contributed by atoms with Gasteiger partial charge >= 0.3 is 0 Å². The summed E-state index contributed by atoms with van der Waals surface area (Å²) in [5.41, 5.74) is 3.85. The average molecular weight is 381 g/mol. The van der Waals surface area contributed by atoms with Gasteiger partial charge < -0.3 is 10.6 Å². The molecule has 2 aromatic carbocycles. The van der Waals surface area contributed by atoms with Crippen molar-refractivity contribution in [2.24, 2.45) is 0 Å². The van der Waals surface area contributed by atoms with Crippen LogP contribution in [-0.2, 0) is 4.79 Å². The first-order valence-corrected chi connectivity index (χ1v) is 8.80. The summed E-state index contributed by atoms with van der Waals surface area (Å²) in [6.07, 6.45) is 0. The largest absolute Gasteiger partial charge is 0.326 e. The number of nitrogens with one attached hydrogen (secondary N) is 2. The van der Waals surface area contributed by atoms with Crippen molar-refractivity contribution in [3.63, 3.8) is 0 Å². The van der Waals surface area contributed by atoms with Crippen LogP contribution in [0.5, 0.6) is 0 Å². The van der Waals surface area contributed by atoms with Crippen molar-refractivity contribution in [2.45, 2.75) is 19.9 Å². The average Bonchev–Trinajstić information content (AvgIpc) is 3.11. The molecular formula is C19H17ClN6O. The predicted molar refractivity (Wildman–Crippen MR) is 104 cm³/mol.